The molecule has 88 valence electrons. The summed E-state index contributed by atoms with van der Waals surface area (Å²) in [5.41, 5.74) is 8.18. The van der Waals surface area contributed by atoms with Crippen molar-refractivity contribution in [2.24, 2.45) is 11.7 Å². The molecule has 16 heavy (non-hydrogen) atoms. The van der Waals surface area contributed by atoms with Gasteiger partial charge in [0, 0.05) is 29.8 Å². The Labute approximate surface area is 102 Å². The quantitative estimate of drug-likeness (QED) is 0.858. The minimum atomic E-state index is 0.574. The molecule has 2 unspecified atom stereocenters. The van der Waals surface area contributed by atoms with Gasteiger partial charge in [-0.1, -0.05) is 24.6 Å². The molecule has 1 aliphatic heterocycles. The first-order valence-electron chi connectivity index (χ1n) is 5.87. The van der Waals surface area contributed by atoms with E-state index in [1.54, 1.807) is 0 Å². The van der Waals surface area contributed by atoms with Gasteiger partial charge in [0.2, 0.25) is 0 Å². The summed E-state index contributed by atoms with van der Waals surface area (Å²) in [4.78, 5) is 2.43. The standard InChI is InChI=1S/C13H19ClN2/c1-9-5-10(2)16(8-9)13-6-12(14)4-3-11(13)7-15/h3-4,6,9-10H,5,7-8,15H2,1-2H3. The zero-order valence-electron chi connectivity index (χ0n) is 9.91. The molecule has 1 aromatic rings. The topological polar surface area (TPSA) is 29.3 Å². The maximum Gasteiger partial charge on any atom is 0.0429 e. The number of anilines is 1. The summed E-state index contributed by atoms with van der Waals surface area (Å²) in [5, 5.41) is 0.791. The average Bonchev–Trinajstić information content (AvgIpc) is 2.57. The molecule has 0 aliphatic carbocycles. The lowest BCUT2D eigenvalue weighted by Crippen LogP contribution is -2.28. The zero-order chi connectivity index (χ0) is 11.7. The highest BCUT2D eigenvalue weighted by Gasteiger charge is 2.27. The van der Waals surface area contributed by atoms with Gasteiger partial charge in [0.25, 0.3) is 0 Å². The van der Waals surface area contributed by atoms with E-state index in [2.05, 4.69) is 18.7 Å². The average molecular weight is 239 g/mol. The smallest absolute Gasteiger partial charge is 0.0429 e. The molecule has 1 aromatic carbocycles. The van der Waals surface area contributed by atoms with E-state index in [1.807, 2.05) is 18.2 Å². The van der Waals surface area contributed by atoms with Crippen LogP contribution in [0.5, 0.6) is 0 Å². The Bertz CT molecular complexity index is 378. The Kier molecular flexibility index (Phi) is 3.41. The molecular formula is C13H19ClN2. The molecule has 0 saturated carbocycles. The largest absolute Gasteiger partial charge is 0.368 e. The minimum absolute atomic E-state index is 0.574. The SMILES string of the molecule is CC1CC(C)N(c2cc(Cl)ccc2CN)C1. The van der Waals surface area contributed by atoms with Crippen molar-refractivity contribution in [2.75, 3.05) is 11.4 Å². The fourth-order valence-electron chi connectivity index (χ4n) is 2.61. The molecule has 1 fully saturated rings. The number of halogens is 1. The molecule has 2 rings (SSSR count). The van der Waals surface area contributed by atoms with Crippen LogP contribution in [0.1, 0.15) is 25.8 Å². The zero-order valence-corrected chi connectivity index (χ0v) is 10.7. The molecule has 0 amide bonds. The first-order valence-corrected chi connectivity index (χ1v) is 6.24. The van der Waals surface area contributed by atoms with E-state index < -0.39 is 0 Å². The second kappa shape index (κ2) is 4.64. The number of hydrogen-bond donors (Lipinski definition) is 1. The first-order chi connectivity index (χ1) is 7.61. The van der Waals surface area contributed by atoms with Crippen LogP contribution in [0.25, 0.3) is 0 Å². The lowest BCUT2D eigenvalue weighted by Gasteiger charge is -2.26. The predicted octanol–water partition coefficient (Wildman–Crippen LogP) is 3.03. The molecule has 2 nitrogen and oxygen atoms in total. The van der Waals surface area contributed by atoms with Crippen molar-refractivity contribution in [1.82, 2.24) is 0 Å². The van der Waals surface area contributed by atoms with Gasteiger partial charge in [-0.3, -0.25) is 0 Å². The van der Waals surface area contributed by atoms with Crippen LogP contribution in [0.4, 0.5) is 5.69 Å². The molecular weight excluding hydrogens is 220 g/mol. The fraction of sp³-hybridized carbons (Fsp3) is 0.538. The summed E-state index contributed by atoms with van der Waals surface area (Å²) in [5.74, 6) is 0.750. The van der Waals surface area contributed by atoms with Gasteiger partial charge in [0.15, 0.2) is 0 Å². The van der Waals surface area contributed by atoms with Gasteiger partial charge in [-0.15, -0.1) is 0 Å². The van der Waals surface area contributed by atoms with Crippen LogP contribution in [-0.2, 0) is 6.54 Å². The summed E-state index contributed by atoms with van der Waals surface area (Å²) in [6.45, 7) is 6.24. The molecule has 2 atom stereocenters. The van der Waals surface area contributed by atoms with Gasteiger partial charge in [-0.2, -0.15) is 0 Å². The van der Waals surface area contributed by atoms with Gasteiger partial charge in [-0.05, 0) is 37.0 Å². The number of hydrogen-bond acceptors (Lipinski definition) is 2. The van der Waals surface area contributed by atoms with E-state index in [0.29, 0.717) is 12.6 Å². The van der Waals surface area contributed by atoms with E-state index >= 15 is 0 Å². The van der Waals surface area contributed by atoms with Crippen LogP contribution >= 0.6 is 11.6 Å². The van der Waals surface area contributed by atoms with Gasteiger partial charge < -0.3 is 10.6 Å². The molecule has 1 heterocycles. The highest BCUT2D eigenvalue weighted by Crippen LogP contribution is 2.32. The Morgan fingerprint density at radius 3 is 2.75 bits per heavy atom. The van der Waals surface area contributed by atoms with Crippen LogP contribution in [0.15, 0.2) is 18.2 Å². The van der Waals surface area contributed by atoms with Crippen molar-refractivity contribution in [3.8, 4) is 0 Å². The lowest BCUT2D eigenvalue weighted by molar-refractivity contribution is 0.625. The van der Waals surface area contributed by atoms with Crippen molar-refractivity contribution in [3.05, 3.63) is 28.8 Å². The van der Waals surface area contributed by atoms with Crippen LogP contribution in [-0.4, -0.2) is 12.6 Å². The van der Waals surface area contributed by atoms with Crippen LogP contribution in [0, 0.1) is 5.92 Å². The molecule has 0 aromatic heterocycles. The lowest BCUT2D eigenvalue weighted by atomic mass is 10.1. The maximum absolute atomic E-state index is 6.07. The Morgan fingerprint density at radius 1 is 1.44 bits per heavy atom. The molecule has 2 N–H and O–H groups in total. The van der Waals surface area contributed by atoms with Crippen molar-refractivity contribution in [2.45, 2.75) is 32.9 Å². The fourth-order valence-corrected chi connectivity index (χ4v) is 2.78. The van der Waals surface area contributed by atoms with Crippen molar-refractivity contribution >= 4 is 17.3 Å². The van der Waals surface area contributed by atoms with Gasteiger partial charge >= 0.3 is 0 Å². The highest BCUT2D eigenvalue weighted by molar-refractivity contribution is 6.30. The van der Waals surface area contributed by atoms with E-state index in [0.717, 1.165) is 17.5 Å². The molecule has 1 saturated heterocycles. The van der Waals surface area contributed by atoms with E-state index in [-0.39, 0.29) is 0 Å². The minimum Gasteiger partial charge on any atom is -0.368 e. The van der Waals surface area contributed by atoms with Gasteiger partial charge in [0.05, 0.1) is 0 Å². The third kappa shape index (κ3) is 2.18. The maximum atomic E-state index is 6.07. The second-order valence-corrected chi connectivity index (χ2v) is 5.26. The third-order valence-corrected chi connectivity index (χ3v) is 3.60. The number of nitrogens with zero attached hydrogens (tertiary/aromatic N) is 1. The van der Waals surface area contributed by atoms with Crippen LogP contribution in [0.3, 0.4) is 0 Å². The number of benzene rings is 1. The second-order valence-electron chi connectivity index (χ2n) is 4.82. The van der Waals surface area contributed by atoms with Gasteiger partial charge in [0.1, 0.15) is 0 Å². The Hall–Kier alpha value is -0.730. The first kappa shape index (κ1) is 11.7. The van der Waals surface area contributed by atoms with Gasteiger partial charge in [-0.25, -0.2) is 0 Å². The van der Waals surface area contributed by atoms with Crippen LogP contribution < -0.4 is 10.6 Å². The summed E-state index contributed by atoms with van der Waals surface area (Å²) < 4.78 is 0. The summed E-state index contributed by atoms with van der Waals surface area (Å²) in [6, 6.07) is 6.57. The predicted molar refractivity (Wildman–Crippen MR) is 69.9 cm³/mol. The molecule has 0 radical (unpaired) electrons. The number of nitrogens with two attached hydrogens (primary N) is 1. The molecule has 0 bridgehead atoms. The normalized spacial score (nSPS) is 25.1. The Balaban J connectivity index is 2.35. The van der Waals surface area contributed by atoms with E-state index in [9.17, 15) is 0 Å². The molecule has 0 spiro atoms. The summed E-state index contributed by atoms with van der Waals surface area (Å²) in [6.07, 6.45) is 1.25. The molecule has 1 aliphatic rings. The summed E-state index contributed by atoms with van der Waals surface area (Å²) in [7, 11) is 0. The van der Waals surface area contributed by atoms with Crippen LogP contribution in [0.2, 0.25) is 5.02 Å². The highest BCUT2D eigenvalue weighted by atomic mass is 35.5. The van der Waals surface area contributed by atoms with Crippen molar-refractivity contribution in [1.29, 1.82) is 0 Å². The summed E-state index contributed by atoms with van der Waals surface area (Å²) >= 11 is 6.07. The number of rotatable bonds is 2. The van der Waals surface area contributed by atoms with Crippen molar-refractivity contribution < 1.29 is 0 Å². The monoisotopic (exact) mass is 238 g/mol. The Morgan fingerprint density at radius 2 is 2.19 bits per heavy atom. The van der Waals surface area contributed by atoms with E-state index in [4.69, 9.17) is 17.3 Å². The molecule has 3 heteroatoms. The third-order valence-electron chi connectivity index (χ3n) is 3.36. The van der Waals surface area contributed by atoms with Crippen molar-refractivity contribution in [3.63, 3.8) is 0 Å². The van der Waals surface area contributed by atoms with E-state index in [1.165, 1.54) is 17.7 Å².